The Bertz CT molecular complexity index is 833. The van der Waals surface area contributed by atoms with Gasteiger partial charge < -0.3 is 19.8 Å². The first-order valence-corrected chi connectivity index (χ1v) is 12.2. The molecule has 2 saturated heterocycles. The second-order valence-electron chi connectivity index (χ2n) is 8.80. The van der Waals surface area contributed by atoms with E-state index in [1.54, 1.807) is 29.2 Å². The summed E-state index contributed by atoms with van der Waals surface area (Å²) in [6, 6.07) is 5.22. The van der Waals surface area contributed by atoms with E-state index in [0.717, 1.165) is 44.5 Å². The quantitative estimate of drug-likeness (QED) is 0.477. The van der Waals surface area contributed by atoms with E-state index in [2.05, 4.69) is 11.8 Å². The predicted octanol–water partition coefficient (Wildman–Crippen LogP) is 3.55. The van der Waals surface area contributed by atoms with Gasteiger partial charge in [0.25, 0.3) is 0 Å². The molecule has 0 spiro atoms. The van der Waals surface area contributed by atoms with Gasteiger partial charge in [-0.3, -0.25) is 9.59 Å². The minimum absolute atomic E-state index is 0.107. The molecular weight excluding hydrogens is 449 g/mol. The van der Waals surface area contributed by atoms with Crippen molar-refractivity contribution in [3.05, 3.63) is 39.9 Å². The lowest BCUT2D eigenvalue weighted by Crippen LogP contribution is -2.43. The van der Waals surface area contributed by atoms with E-state index in [0.29, 0.717) is 48.6 Å². The van der Waals surface area contributed by atoms with Crippen molar-refractivity contribution in [2.45, 2.75) is 38.7 Å². The Hall–Kier alpha value is -1.60. The molecule has 0 aromatic heterocycles. The number of aliphatic hydroxyl groups is 1. The van der Waals surface area contributed by atoms with Gasteiger partial charge in [0.1, 0.15) is 0 Å². The van der Waals surface area contributed by atoms with Gasteiger partial charge in [0.2, 0.25) is 11.8 Å². The lowest BCUT2D eigenvalue weighted by atomic mass is 9.96. The fourth-order valence-corrected chi connectivity index (χ4v) is 4.47. The molecule has 0 aliphatic carbocycles. The number of amides is 2. The molecule has 3 rings (SSSR count). The fourth-order valence-electron chi connectivity index (χ4n) is 4.17. The first kappa shape index (κ1) is 25.0. The number of unbranched alkanes of at least 4 members (excludes halogenated alkanes) is 1. The highest BCUT2D eigenvalue weighted by Crippen LogP contribution is 2.23. The molecule has 32 heavy (non-hydrogen) atoms. The predicted molar refractivity (Wildman–Crippen MR) is 129 cm³/mol. The van der Waals surface area contributed by atoms with E-state index < -0.39 is 0 Å². The highest BCUT2D eigenvalue weighted by Gasteiger charge is 2.25. The Morgan fingerprint density at radius 3 is 2.66 bits per heavy atom. The van der Waals surface area contributed by atoms with Crippen molar-refractivity contribution in [1.82, 2.24) is 14.7 Å². The fraction of sp³-hybridized carbons (Fsp3) is 0.583. The van der Waals surface area contributed by atoms with E-state index in [-0.39, 0.29) is 17.9 Å². The maximum atomic E-state index is 12.6. The minimum Gasteiger partial charge on any atom is -0.392 e. The van der Waals surface area contributed by atoms with Gasteiger partial charge in [-0.05, 0) is 62.0 Å². The monoisotopic (exact) mass is 481 g/mol. The standard InChI is InChI=1S/C24H33Cl2N3O3/c1-18-8-12-27(17-22(18)30)10-2-3-11-28-14-15-29(13-9-24(28)32)23(31)7-5-19-4-6-20(25)21(26)16-19/h4-7,16,18,22,30H,2-3,8-15,17H2,1H3/b7-5+. The number of likely N-dealkylation sites (tertiary alicyclic amines) is 1. The topological polar surface area (TPSA) is 64.1 Å². The van der Waals surface area contributed by atoms with Gasteiger partial charge >= 0.3 is 0 Å². The van der Waals surface area contributed by atoms with Crippen LogP contribution in [-0.2, 0) is 9.59 Å². The number of aliphatic hydroxyl groups excluding tert-OH is 1. The molecule has 2 amide bonds. The lowest BCUT2D eigenvalue weighted by molar-refractivity contribution is -0.130. The summed E-state index contributed by atoms with van der Waals surface area (Å²) in [4.78, 5) is 31.0. The largest absolute Gasteiger partial charge is 0.392 e. The van der Waals surface area contributed by atoms with Gasteiger partial charge in [-0.25, -0.2) is 0 Å². The van der Waals surface area contributed by atoms with Gasteiger partial charge in [-0.15, -0.1) is 0 Å². The number of halogens is 2. The minimum atomic E-state index is -0.231. The Labute approximate surface area is 200 Å². The molecule has 2 unspecified atom stereocenters. The van der Waals surface area contributed by atoms with Crippen LogP contribution in [0.2, 0.25) is 10.0 Å². The number of benzene rings is 1. The molecule has 2 heterocycles. The highest BCUT2D eigenvalue weighted by atomic mass is 35.5. The number of carbonyl (C=O) groups is 2. The van der Waals surface area contributed by atoms with Crippen LogP contribution < -0.4 is 0 Å². The zero-order valence-corrected chi connectivity index (χ0v) is 20.2. The summed E-state index contributed by atoms with van der Waals surface area (Å²) in [5.41, 5.74) is 0.802. The van der Waals surface area contributed by atoms with Crippen molar-refractivity contribution in [3.8, 4) is 0 Å². The van der Waals surface area contributed by atoms with Crippen molar-refractivity contribution in [2.24, 2.45) is 5.92 Å². The summed E-state index contributed by atoms with van der Waals surface area (Å²) < 4.78 is 0. The third-order valence-electron chi connectivity index (χ3n) is 6.42. The lowest BCUT2D eigenvalue weighted by Gasteiger charge is -2.34. The number of carbonyl (C=O) groups excluding carboxylic acids is 2. The molecule has 0 saturated carbocycles. The first-order valence-electron chi connectivity index (χ1n) is 11.4. The molecule has 0 radical (unpaired) electrons. The van der Waals surface area contributed by atoms with Crippen LogP contribution in [0.25, 0.3) is 6.08 Å². The molecule has 6 nitrogen and oxygen atoms in total. The molecule has 2 aliphatic heterocycles. The van der Waals surface area contributed by atoms with E-state index in [1.807, 2.05) is 4.90 Å². The number of β-amino-alcohol motifs (C(OH)–C–C–N with tert-alkyl or cyclic N) is 1. The van der Waals surface area contributed by atoms with Crippen LogP contribution in [-0.4, -0.2) is 83.5 Å². The summed E-state index contributed by atoms with van der Waals surface area (Å²) >= 11 is 11.9. The second kappa shape index (κ2) is 12.0. The summed E-state index contributed by atoms with van der Waals surface area (Å²) in [6.45, 7) is 7.08. The summed E-state index contributed by atoms with van der Waals surface area (Å²) in [7, 11) is 0. The number of rotatable bonds is 7. The third kappa shape index (κ3) is 7.20. The Morgan fingerprint density at radius 2 is 1.91 bits per heavy atom. The summed E-state index contributed by atoms with van der Waals surface area (Å²) in [5.74, 6) is 0.380. The Kier molecular flexibility index (Phi) is 9.41. The van der Waals surface area contributed by atoms with Crippen molar-refractivity contribution in [3.63, 3.8) is 0 Å². The van der Waals surface area contributed by atoms with Gasteiger partial charge in [-0.1, -0.05) is 36.2 Å². The van der Waals surface area contributed by atoms with Crippen molar-refractivity contribution < 1.29 is 14.7 Å². The number of piperidine rings is 1. The van der Waals surface area contributed by atoms with Crippen LogP contribution in [0.1, 0.15) is 38.2 Å². The van der Waals surface area contributed by atoms with Crippen LogP contribution in [0.3, 0.4) is 0 Å². The molecule has 176 valence electrons. The van der Waals surface area contributed by atoms with Crippen molar-refractivity contribution >= 4 is 41.1 Å². The van der Waals surface area contributed by atoms with E-state index in [4.69, 9.17) is 23.2 Å². The summed E-state index contributed by atoms with van der Waals surface area (Å²) in [5, 5.41) is 11.0. The normalized spacial score (nSPS) is 23.1. The van der Waals surface area contributed by atoms with Crippen LogP contribution in [0.4, 0.5) is 0 Å². The molecule has 1 aromatic rings. The maximum absolute atomic E-state index is 12.6. The average Bonchev–Trinajstić information content (AvgIpc) is 2.96. The van der Waals surface area contributed by atoms with Crippen LogP contribution in [0.15, 0.2) is 24.3 Å². The van der Waals surface area contributed by atoms with E-state index >= 15 is 0 Å². The SMILES string of the molecule is CC1CCN(CCCCN2CCN(C(=O)/C=C/c3ccc(Cl)c(Cl)c3)CCC2=O)CC1O. The molecule has 0 bridgehead atoms. The maximum Gasteiger partial charge on any atom is 0.246 e. The van der Waals surface area contributed by atoms with Crippen LogP contribution in [0, 0.1) is 5.92 Å². The molecule has 1 N–H and O–H groups in total. The third-order valence-corrected chi connectivity index (χ3v) is 7.16. The van der Waals surface area contributed by atoms with Gasteiger partial charge in [0.15, 0.2) is 0 Å². The van der Waals surface area contributed by atoms with E-state index in [1.165, 1.54) is 6.08 Å². The Balaban J connectivity index is 1.41. The number of nitrogens with zero attached hydrogens (tertiary/aromatic N) is 3. The summed E-state index contributed by atoms with van der Waals surface area (Å²) in [6.07, 6.45) is 6.32. The van der Waals surface area contributed by atoms with Gasteiger partial charge in [0.05, 0.1) is 16.1 Å². The van der Waals surface area contributed by atoms with Crippen molar-refractivity contribution in [1.29, 1.82) is 0 Å². The zero-order chi connectivity index (χ0) is 23.1. The number of hydrogen-bond donors (Lipinski definition) is 1. The van der Waals surface area contributed by atoms with Crippen LogP contribution in [0.5, 0.6) is 0 Å². The van der Waals surface area contributed by atoms with Crippen LogP contribution >= 0.6 is 23.2 Å². The second-order valence-corrected chi connectivity index (χ2v) is 9.62. The Morgan fingerprint density at radius 1 is 1.12 bits per heavy atom. The zero-order valence-electron chi connectivity index (χ0n) is 18.7. The average molecular weight is 482 g/mol. The van der Waals surface area contributed by atoms with Crippen molar-refractivity contribution in [2.75, 3.05) is 45.8 Å². The molecule has 2 fully saturated rings. The molecule has 1 aromatic carbocycles. The first-order chi connectivity index (χ1) is 15.3. The molecule has 8 heteroatoms. The molecule has 2 atom stereocenters. The molecule has 2 aliphatic rings. The molecular formula is C24H33Cl2N3O3. The number of hydrogen-bond acceptors (Lipinski definition) is 4. The smallest absolute Gasteiger partial charge is 0.246 e. The van der Waals surface area contributed by atoms with Gasteiger partial charge in [-0.2, -0.15) is 0 Å². The van der Waals surface area contributed by atoms with E-state index in [9.17, 15) is 14.7 Å². The highest BCUT2D eigenvalue weighted by molar-refractivity contribution is 6.42. The van der Waals surface area contributed by atoms with Gasteiger partial charge in [0, 0.05) is 45.2 Å².